The van der Waals surface area contributed by atoms with E-state index < -0.39 is 45.7 Å². The highest BCUT2D eigenvalue weighted by molar-refractivity contribution is 7.89. The van der Waals surface area contributed by atoms with Crippen LogP contribution in [-0.4, -0.2) is 20.1 Å². The van der Waals surface area contributed by atoms with E-state index >= 15 is 0 Å². The number of sulfonamides is 1. The highest BCUT2D eigenvalue weighted by Gasteiger charge is 2.21. The minimum atomic E-state index is -4.03. The fraction of sp³-hybridized carbons (Fsp3) is 0.143. The zero-order valence-electron chi connectivity index (χ0n) is 11.1. The Labute approximate surface area is 125 Å². The van der Waals surface area contributed by atoms with Crippen molar-refractivity contribution >= 4 is 10.0 Å². The summed E-state index contributed by atoms with van der Waals surface area (Å²) in [5.74, 6) is -2.56. The van der Waals surface area contributed by atoms with Crippen LogP contribution >= 0.6 is 0 Å². The number of aliphatic hydroxyl groups is 1. The molecule has 0 bridgehead atoms. The number of hydrogen-bond acceptors (Lipinski definition) is 3. The van der Waals surface area contributed by atoms with Crippen LogP contribution in [0.4, 0.5) is 13.2 Å². The van der Waals surface area contributed by atoms with Gasteiger partial charge in [0, 0.05) is 6.54 Å². The van der Waals surface area contributed by atoms with E-state index in [1.165, 1.54) is 0 Å². The Balaban J connectivity index is 2.13. The fourth-order valence-corrected chi connectivity index (χ4v) is 2.86. The van der Waals surface area contributed by atoms with Crippen molar-refractivity contribution in [1.82, 2.24) is 4.72 Å². The predicted molar refractivity (Wildman–Crippen MR) is 72.9 cm³/mol. The van der Waals surface area contributed by atoms with Crippen LogP contribution in [0.5, 0.6) is 0 Å². The molecular weight excluding hydrogens is 319 g/mol. The standard InChI is InChI=1S/C14H12F3NO3S/c15-9-4-6-10(7-5-9)22(20,21)18-8-13(19)14-11(16)2-1-3-12(14)17/h1-7,13,18-19H,8H2. The van der Waals surface area contributed by atoms with Crippen molar-refractivity contribution in [3.05, 3.63) is 65.5 Å². The molecule has 0 saturated carbocycles. The van der Waals surface area contributed by atoms with Crippen LogP contribution in [0.25, 0.3) is 0 Å². The highest BCUT2D eigenvalue weighted by atomic mass is 32.2. The molecule has 118 valence electrons. The first kappa shape index (κ1) is 16.5. The van der Waals surface area contributed by atoms with Gasteiger partial charge in [-0.25, -0.2) is 26.3 Å². The van der Waals surface area contributed by atoms with Crippen LogP contribution in [-0.2, 0) is 10.0 Å². The molecule has 0 aromatic heterocycles. The number of halogens is 3. The van der Waals surface area contributed by atoms with Crippen molar-refractivity contribution in [3.8, 4) is 0 Å². The number of aliphatic hydroxyl groups excluding tert-OH is 1. The van der Waals surface area contributed by atoms with Crippen molar-refractivity contribution < 1.29 is 26.7 Å². The van der Waals surface area contributed by atoms with Crippen molar-refractivity contribution in [1.29, 1.82) is 0 Å². The minimum Gasteiger partial charge on any atom is -0.387 e. The predicted octanol–water partition coefficient (Wildman–Crippen LogP) is 2.12. The highest BCUT2D eigenvalue weighted by Crippen LogP contribution is 2.20. The van der Waals surface area contributed by atoms with Gasteiger partial charge in [-0.15, -0.1) is 0 Å². The molecular formula is C14H12F3NO3S. The zero-order valence-corrected chi connectivity index (χ0v) is 11.9. The molecule has 2 aromatic rings. The summed E-state index contributed by atoms with van der Waals surface area (Å²) < 4.78 is 65.5. The van der Waals surface area contributed by atoms with Gasteiger partial charge < -0.3 is 5.11 Å². The quantitative estimate of drug-likeness (QED) is 0.882. The summed E-state index contributed by atoms with van der Waals surface area (Å²) in [4.78, 5) is -0.227. The van der Waals surface area contributed by atoms with Gasteiger partial charge in [0.15, 0.2) is 0 Å². The molecule has 2 aromatic carbocycles. The minimum absolute atomic E-state index is 0.227. The summed E-state index contributed by atoms with van der Waals surface area (Å²) in [7, 11) is -4.03. The zero-order chi connectivity index (χ0) is 16.3. The van der Waals surface area contributed by atoms with Crippen molar-refractivity contribution in [3.63, 3.8) is 0 Å². The van der Waals surface area contributed by atoms with Crippen LogP contribution < -0.4 is 4.72 Å². The summed E-state index contributed by atoms with van der Waals surface area (Å²) >= 11 is 0. The summed E-state index contributed by atoms with van der Waals surface area (Å²) in [6.07, 6.45) is -1.70. The molecule has 0 amide bonds. The largest absolute Gasteiger partial charge is 0.387 e. The molecule has 8 heteroatoms. The maximum atomic E-state index is 13.5. The van der Waals surface area contributed by atoms with Crippen molar-refractivity contribution in [2.75, 3.05) is 6.54 Å². The molecule has 2 N–H and O–H groups in total. The lowest BCUT2D eigenvalue weighted by molar-refractivity contribution is 0.172. The third kappa shape index (κ3) is 3.65. The van der Waals surface area contributed by atoms with Gasteiger partial charge in [0.25, 0.3) is 0 Å². The molecule has 0 fully saturated rings. The lowest BCUT2D eigenvalue weighted by atomic mass is 10.1. The molecule has 0 spiro atoms. The third-order valence-electron chi connectivity index (χ3n) is 2.92. The number of nitrogens with one attached hydrogen (secondary N) is 1. The Morgan fingerprint density at radius 2 is 1.55 bits per heavy atom. The second-order valence-electron chi connectivity index (χ2n) is 4.46. The molecule has 2 rings (SSSR count). The van der Waals surface area contributed by atoms with Gasteiger partial charge in [0.05, 0.1) is 16.6 Å². The van der Waals surface area contributed by atoms with E-state index in [9.17, 15) is 26.7 Å². The lowest BCUT2D eigenvalue weighted by Crippen LogP contribution is -2.29. The summed E-state index contributed by atoms with van der Waals surface area (Å²) in [5.41, 5.74) is -0.621. The molecule has 0 aliphatic heterocycles. The third-order valence-corrected chi connectivity index (χ3v) is 4.36. The average molecular weight is 331 g/mol. The van der Waals surface area contributed by atoms with Gasteiger partial charge in [-0.1, -0.05) is 6.07 Å². The number of hydrogen-bond donors (Lipinski definition) is 2. The van der Waals surface area contributed by atoms with Crippen LogP contribution in [0.15, 0.2) is 47.4 Å². The van der Waals surface area contributed by atoms with Crippen LogP contribution in [0.2, 0.25) is 0 Å². The molecule has 4 nitrogen and oxygen atoms in total. The molecule has 1 atom stereocenters. The van der Waals surface area contributed by atoms with E-state index in [1.54, 1.807) is 0 Å². The number of benzene rings is 2. The van der Waals surface area contributed by atoms with Crippen LogP contribution in [0, 0.1) is 17.5 Å². The molecule has 0 radical (unpaired) electrons. The summed E-state index contributed by atoms with van der Waals surface area (Å²) in [6, 6.07) is 7.03. The fourth-order valence-electron chi connectivity index (χ4n) is 1.82. The van der Waals surface area contributed by atoms with Gasteiger partial charge >= 0.3 is 0 Å². The van der Waals surface area contributed by atoms with Gasteiger partial charge in [-0.3, -0.25) is 0 Å². The molecule has 0 heterocycles. The van der Waals surface area contributed by atoms with Gasteiger partial charge in [-0.05, 0) is 36.4 Å². The van der Waals surface area contributed by atoms with Crippen molar-refractivity contribution in [2.24, 2.45) is 0 Å². The Morgan fingerprint density at radius 1 is 1.00 bits per heavy atom. The van der Waals surface area contributed by atoms with E-state index in [0.29, 0.717) is 0 Å². The Bertz CT molecular complexity index is 743. The lowest BCUT2D eigenvalue weighted by Gasteiger charge is -2.14. The number of rotatable bonds is 5. The smallest absolute Gasteiger partial charge is 0.240 e. The average Bonchev–Trinajstić information content (AvgIpc) is 2.45. The van der Waals surface area contributed by atoms with E-state index in [2.05, 4.69) is 0 Å². The monoisotopic (exact) mass is 331 g/mol. The normalized spacial score (nSPS) is 13.1. The van der Waals surface area contributed by atoms with Gasteiger partial charge in [0.2, 0.25) is 10.0 Å². The van der Waals surface area contributed by atoms with Gasteiger partial charge in [0.1, 0.15) is 17.5 Å². The molecule has 22 heavy (non-hydrogen) atoms. The first-order valence-corrected chi connectivity index (χ1v) is 7.67. The van der Waals surface area contributed by atoms with E-state index in [4.69, 9.17) is 0 Å². The Kier molecular flexibility index (Phi) is 4.84. The summed E-state index contributed by atoms with van der Waals surface area (Å²) in [5, 5.41) is 9.77. The first-order valence-electron chi connectivity index (χ1n) is 6.18. The second-order valence-corrected chi connectivity index (χ2v) is 6.22. The van der Waals surface area contributed by atoms with E-state index in [-0.39, 0.29) is 4.90 Å². The SMILES string of the molecule is O=S(=O)(NCC(O)c1c(F)cccc1F)c1ccc(F)cc1. The van der Waals surface area contributed by atoms with Crippen LogP contribution in [0.3, 0.4) is 0 Å². The maximum absolute atomic E-state index is 13.5. The molecule has 0 aliphatic carbocycles. The van der Waals surface area contributed by atoms with E-state index in [1.807, 2.05) is 4.72 Å². The maximum Gasteiger partial charge on any atom is 0.240 e. The first-order chi connectivity index (χ1) is 10.3. The Hall–Kier alpha value is -1.90. The van der Waals surface area contributed by atoms with Gasteiger partial charge in [-0.2, -0.15) is 0 Å². The van der Waals surface area contributed by atoms with Crippen LogP contribution in [0.1, 0.15) is 11.7 Å². The topological polar surface area (TPSA) is 66.4 Å². The molecule has 0 saturated heterocycles. The van der Waals surface area contributed by atoms with Crippen molar-refractivity contribution in [2.45, 2.75) is 11.0 Å². The van der Waals surface area contributed by atoms with E-state index in [0.717, 1.165) is 42.5 Å². The second kappa shape index (κ2) is 6.47. The Morgan fingerprint density at radius 3 is 2.09 bits per heavy atom. The molecule has 0 aliphatic rings. The summed E-state index contributed by atoms with van der Waals surface area (Å²) in [6.45, 7) is -0.627. The molecule has 1 unspecified atom stereocenters.